The van der Waals surface area contributed by atoms with Crippen LogP contribution in [-0.4, -0.2) is 26.4 Å². The standard InChI is InChI=1S/C64H96O4/c1-17-21-25-29-65-57-45-33-47-39-54(62(8,9)10)41-49(58(47)66-30-26-22-18-2)35-51-43-56(64(14,15)16)44-52(60(51)68-32-28-24-20-4)36-50-42-55(63(11,12)13)40-48(59(50)67-31-27-23-19-3)34-46(57)38-53(37-45)61(5,6)7/h37-44H,17-36H2,1-16H3. The van der Waals surface area contributed by atoms with Crippen molar-refractivity contribution in [3.8, 4) is 23.0 Å². The Hall–Kier alpha value is -3.92. The molecule has 0 heterocycles. The first kappa shape index (κ1) is 55.0. The van der Waals surface area contributed by atoms with Crippen LogP contribution >= 0.6 is 0 Å². The second-order valence-electron chi connectivity index (χ2n) is 24.4. The Morgan fingerprint density at radius 3 is 0.574 bits per heavy atom. The average Bonchev–Trinajstić information content (AvgIpc) is 3.24. The molecule has 8 bridgehead atoms. The maximum absolute atomic E-state index is 7.18. The molecule has 1 aliphatic rings. The fourth-order valence-corrected chi connectivity index (χ4v) is 9.47. The van der Waals surface area contributed by atoms with Crippen molar-refractivity contribution in [1.82, 2.24) is 0 Å². The Kier molecular flexibility index (Phi) is 19.6. The van der Waals surface area contributed by atoms with Gasteiger partial charge in [-0.25, -0.2) is 0 Å². The molecular formula is C64H96O4. The van der Waals surface area contributed by atoms with E-state index in [1.54, 1.807) is 0 Å². The number of benzene rings is 4. The van der Waals surface area contributed by atoms with Crippen molar-refractivity contribution < 1.29 is 18.9 Å². The third kappa shape index (κ3) is 15.0. The molecule has 0 radical (unpaired) electrons. The average molecular weight is 929 g/mol. The van der Waals surface area contributed by atoms with Gasteiger partial charge in [-0.15, -0.1) is 0 Å². The summed E-state index contributed by atoms with van der Waals surface area (Å²) >= 11 is 0. The molecule has 0 aliphatic heterocycles. The maximum Gasteiger partial charge on any atom is 0.126 e. The van der Waals surface area contributed by atoms with Gasteiger partial charge in [0.05, 0.1) is 26.4 Å². The molecule has 376 valence electrons. The third-order valence-electron chi connectivity index (χ3n) is 13.9. The lowest BCUT2D eigenvalue weighted by atomic mass is 9.79. The van der Waals surface area contributed by atoms with E-state index < -0.39 is 0 Å². The van der Waals surface area contributed by atoms with E-state index in [1.807, 2.05) is 0 Å². The fourth-order valence-electron chi connectivity index (χ4n) is 9.47. The van der Waals surface area contributed by atoms with Crippen LogP contribution < -0.4 is 18.9 Å². The van der Waals surface area contributed by atoms with Gasteiger partial charge in [-0.1, -0.05) is 211 Å². The second kappa shape index (κ2) is 24.3. The molecule has 1 aliphatic carbocycles. The summed E-state index contributed by atoms with van der Waals surface area (Å²) in [6.45, 7) is 40.1. The first-order chi connectivity index (χ1) is 32.1. The molecule has 0 unspecified atom stereocenters. The molecule has 5 rings (SSSR count). The highest BCUT2D eigenvalue weighted by molar-refractivity contribution is 5.60. The molecule has 0 aromatic heterocycles. The Morgan fingerprint density at radius 1 is 0.279 bits per heavy atom. The molecule has 4 nitrogen and oxygen atoms in total. The van der Waals surface area contributed by atoms with Gasteiger partial charge in [0, 0.05) is 25.7 Å². The Labute approximate surface area is 417 Å². The van der Waals surface area contributed by atoms with Crippen molar-refractivity contribution in [1.29, 1.82) is 0 Å². The smallest absolute Gasteiger partial charge is 0.126 e. The highest BCUT2D eigenvalue weighted by atomic mass is 16.5. The summed E-state index contributed by atoms with van der Waals surface area (Å²) in [7, 11) is 0. The third-order valence-corrected chi connectivity index (χ3v) is 13.9. The summed E-state index contributed by atoms with van der Waals surface area (Å²) in [6.07, 6.45) is 16.1. The molecule has 0 saturated heterocycles. The quantitative estimate of drug-likeness (QED) is 0.0729. The van der Waals surface area contributed by atoms with Gasteiger partial charge < -0.3 is 18.9 Å². The van der Waals surface area contributed by atoms with Crippen molar-refractivity contribution in [2.24, 2.45) is 0 Å². The Balaban J connectivity index is 1.99. The molecule has 0 fully saturated rings. The highest BCUT2D eigenvalue weighted by Crippen LogP contribution is 2.44. The van der Waals surface area contributed by atoms with Crippen molar-refractivity contribution >= 4 is 0 Å². The van der Waals surface area contributed by atoms with Gasteiger partial charge in [-0.05, 0) is 114 Å². The van der Waals surface area contributed by atoms with Gasteiger partial charge in [0.15, 0.2) is 0 Å². The van der Waals surface area contributed by atoms with Gasteiger partial charge in [-0.2, -0.15) is 0 Å². The molecule has 4 aromatic carbocycles. The van der Waals surface area contributed by atoms with E-state index in [9.17, 15) is 0 Å². The maximum atomic E-state index is 7.18. The van der Waals surface area contributed by atoms with E-state index in [1.165, 1.54) is 66.8 Å². The second-order valence-corrected chi connectivity index (χ2v) is 24.4. The van der Waals surface area contributed by atoms with E-state index in [-0.39, 0.29) is 21.7 Å². The van der Waals surface area contributed by atoms with Crippen LogP contribution in [0.15, 0.2) is 48.5 Å². The van der Waals surface area contributed by atoms with E-state index in [2.05, 4.69) is 159 Å². The van der Waals surface area contributed by atoms with Crippen LogP contribution in [0.2, 0.25) is 0 Å². The van der Waals surface area contributed by atoms with Gasteiger partial charge in [0.1, 0.15) is 23.0 Å². The Morgan fingerprint density at radius 2 is 0.441 bits per heavy atom. The van der Waals surface area contributed by atoms with Crippen molar-refractivity contribution in [3.63, 3.8) is 0 Å². The summed E-state index contributed by atoms with van der Waals surface area (Å²) < 4.78 is 28.7. The summed E-state index contributed by atoms with van der Waals surface area (Å²) in [5.74, 6) is 4.12. The number of hydrogen-bond acceptors (Lipinski definition) is 4. The van der Waals surface area contributed by atoms with Gasteiger partial charge in [0.2, 0.25) is 0 Å². The van der Waals surface area contributed by atoms with Gasteiger partial charge in [0.25, 0.3) is 0 Å². The largest absolute Gasteiger partial charge is 0.493 e. The van der Waals surface area contributed by atoms with Crippen LogP contribution in [0.3, 0.4) is 0 Å². The molecular weight excluding hydrogens is 833 g/mol. The van der Waals surface area contributed by atoms with Crippen molar-refractivity contribution in [2.75, 3.05) is 26.4 Å². The highest BCUT2D eigenvalue weighted by Gasteiger charge is 2.29. The minimum atomic E-state index is -0.0815. The number of fused-ring (bicyclic) bond motifs is 8. The minimum absolute atomic E-state index is 0.0815. The fraction of sp³-hybridized carbons (Fsp3) is 0.625. The first-order valence-corrected chi connectivity index (χ1v) is 27.2. The summed E-state index contributed by atoms with van der Waals surface area (Å²) in [5.41, 5.74) is 14.9. The lowest BCUT2D eigenvalue weighted by Gasteiger charge is -2.29. The Bertz CT molecular complexity index is 1820. The first-order valence-electron chi connectivity index (χ1n) is 27.2. The van der Waals surface area contributed by atoms with Crippen LogP contribution in [0, 0.1) is 0 Å². The van der Waals surface area contributed by atoms with E-state index >= 15 is 0 Å². The summed E-state index contributed by atoms with van der Waals surface area (Å²) in [4.78, 5) is 0. The molecule has 4 heteroatoms. The number of unbranched alkanes of at least 4 members (excludes halogenated alkanes) is 8. The summed E-state index contributed by atoms with van der Waals surface area (Å²) in [6, 6.07) is 19.7. The molecule has 0 spiro atoms. The lowest BCUT2D eigenvalue weighted by molar-refractivity contribution is 0.294. The van der Waals surface area contributed by atoms with Gasteiger partial charge in [-0.3, -0.25) is 0 Å². The zero-order valence-corrected chi connectivity index (χ0v) is 46.4. The molecule has 0 saturated carbocycles. The van der Waals surface area contributed by atoms with E-state index in [4.69, 9.17) is 18.9 Å². The molecule has 0 amide bonds. The predicted molar refractivity (Wildman–Crippen MR) is 292 cm³/mol. The zero-order chi connectivity index (χ0) is 49.9. The van der Waals surface area contributed by atoms with Crippen LogP contribution in [0.1, 0.15) is 255 Å². The van der Waals surface area contributed by atoms with Crippen molar-refractivity contribution in [2.45, 2.75) is 235 Å². The van der Waals surface area contributed by atoms with Crippen LogP contribution in [-0.2, 0) is 47.3 Å². The van der Waals surface area contributed by atoms with Crippen LogP contribution in [0.4, 0.5) is 0 Å². The van der Waals surface area contributed by atoms with E-state index in [0.717, 1.165) is 100 Å². The molecule has 4 aromatic rings. The number of rotatable bonds is 20. The minimum Gasteiger partial charge on any atom is -0.493 e. The van der Waals surface area contributed by atoms with Crippen molar-refractivity contribution in [3.05, 3.63) is 115 Å². The molecule has 0 N–H and O–H groups in total. The SMILES string of the molecule is CCCCCOc1c2cc(C(C)(C)C)cc1Cc1cc(C(C)(C)C)cc(c1OCCCCC)Cc1cc(C(C)(C)C)cc(c1OCCCCC)Cc1cc(C(C)(C)C)cc(c1OCCCCC)C2. The number of hydrogen-bond donors (Lipinski definition) is 0. The topological polar surface area (TPSA) is 36.9 Å². The molecule has 0 atom stereocenters. The number of ether oxygens (including phenoxy) is 4. The lowest BCUT2D eigenvalue weighted by Crippen LogP contribution is -2.18. The van der Waals surface area contributed by atoms with Crippen LogP contribution in [0.25, 0.3) is 0 Å². The predicted octanol–water partition coefficient (Wildman–Crippen LogP) is 17.8. The van der Waals surface area contributed by atoms with Gasteiger partial charge >= 0.3 is 0 Å². The normalized spacial score (nSPS) is 13.4. The monoisotopic (exact) mass is 929 g/mol. The van der Waals surface area contributed by atoms with E-state index in [0.29, 0.717) is 52.1 Å². The summed E-state index contributed by atoms with van der Waals surface area (Å²) in [5, 5.41) is 0. The van der Waals surface area contributed by atoms with Crippen LogP contribution in [0.5, 0.6) is 23.0 Å². The molecule has 68 heavy (non-hydrogen) atoms. The zero-order valence-electron chi connectivity index (χ0n) is 46.4.